The molecule has 0 aromatic heterocycles. The van der Waals surface area contributed by atoms with Crippen molar-refractivity contribution in [1.82, 2.24) is 0 Å². The fourth-order valence-corrected chi connectivity index (χ4v) is 7.87. The van der Waals surface area contributed by atoms with E-state index in [0.29, 0.717) is 12.2 Å². The highest BCUT2D eigenvalue weighted by Crippen LogP contribution is 2.56. The smallest absolute Gasteiger partial charge is 0.330 e. The van der Waals surface area contributed by atoms with Gasteiger partial charge >= 0.3 is 23.9 Å². The van der Waals surface area contributed by atoms with Gasteiger partial charge in [-0.1, -0.05) is 117 Å². The summed E-state index contributed by atoms with van der Waals surface area (Å²) in [7, 11) is 0. The maximum atomic E-state index is 13.2. The van der Waals surface area contributed by atoms with Gasteiger partial charge in [0.2, 0.25) is 0 Å². The molecule has 0 aliphatic heterocycles. The number of carboxylic acid groups (broad SMARTS) is 1. The summed E-state index contributed by atoms with van der Waals surface area (Å²) in [5, 5.41) is 20.0. The van der Waals surface area contributed by atoms with Gasteiger partial charge in [-0.25, -0.2) is 9.59 Å². The van der Waals surface area contributed by atoms with Crippen LogP contribution in [0.2, 0.25) is 0 Å². The quantitative estimate of drug-likeness (QED) is 0.0374. The van der Waals surface area contributed by atoms with Gasteiger partial charge in [0, 0.05) is 12.2 Å². The van der Waals surface area contributed by atoms with Crippen molar-refractivity contribution in [3.63, 3.8) is 0 Å². The van der Waals surface area contributed by atoms with E-state index in [1.807, 2.05) is 67.6 Å². The SMILES string of the molecule is C=CC(=O)OCC(O)COC(CC)c1ccc(C2(c3ccc(OCC(COC(=O)C=C)OC(=O)C4CC=CCC4C(=O)O)cc3)c3ccccc3-c3ccccc32)cc1. The van der Waals surface area contributed by atoms with E-state index in [4.69, 9.17) is 23.7 Å². The minimum atomic E-state index is -1.08. The lowest BCUT2D eigenvalue weighted by atomic mass is 9.67. The van der Waals surface area contributed by atoms with Crippen LogP contribution in [0.5, 0.6) is 5.75 Å². The minimum absolute atomic E-state index is 0.0176. The normalized spacial score (nSPS) is 17.6. The molecule has 11 heteroatoms. The maximum absolute atomic E-state index is 13.2. The molecule has 0 bridgehead atoms. The average molecular weight is 801 g/mol. The molecular formula is C48H48O11. The van der Waals surface area contributed by atoms with Crippen LogP contribution in [0, 0.1) is 11.8 Å². The Balaban J connectivity index is 1.27. The van der Waals surface area contributed by atoms with Crippen LogP contribution in [-0.2, 0) is 43.5 Å². The molecule has 0 fully saturated rings. The van der Waals surface area contributed by atoms with E-state index in [1.54, 1.807) is 12.2 Å². The number of carbonyl (C=O) groups excluding carboxylic acids is 3. The molecule has 4 aromatic carbocycles. The number of rotatable bonds is 19. The highest BCUT2D eigenvalue weighted by atomic mass is 16.6. The van der Waals surface area contributed by atoms with E-state index in [2.05, 4.69) is 49.6 Å². The first-order valence-electron chi connectivity index (χ1n) is 19.6. The number of ether oxygens (including phenoxy) is 5. The van der Waals surface area contributed by atoms with E-state index in [0.717, 1.165) is 51.1 Å². The summed E-state index contributed by atoms with van der Waals surface area (Å²) in [4.78, 5) is 48.5. The van der Waals surface area contributed by atoms with Crippen LogP contribution in [0.15, 0.2) is 135 Å². The molecule has 2 N–H and O–H groups in total. The monoisotopic (exact) mass is 800 g/mol. The number of benzene rings is 4. The fourth-order valence-electron chi connectivity index (χ4n) is 7.87. The zero-order chi connectivity index (χ0) is 41.9. The third kappa shape index (κ3) is 9.38. The van der Waals surface area contributed by atoms with Crippen molar-refractivity contribution in [2.24, 2.45) is 11.8 Å². The number of fused-ring (bicyclic) bond motifs is 3. The van der Waals surface area contributed by atoms with Gasteiger partial charge in [-0.3, -0.25) is 9.59 Å². The summed E-state index contributed by atoms with van der Waals surface area (Å²) in [5.74, 6) is -4.42. The van der Waals surface area contributed by atoms with Crippen molar-refractivity contribution in [1.29, 1.82) is 0 Å². The highest BCUT2D eigenvalue weighted by molar-refractivity contribution is 5.86. The van der Waals surface area contributed by atoms with Crippen molar-refractivity contribution in [2.45, 2.75) is 49.9 Å². The molecule has 2 aliphatic rings. The molecule has 4 aromatic rings. The lowest BCUT2D eigenvalue weighted by Gasteiger charge is -2.34. The topological polar surface area (TPSA) is 155 Å². The Labute approximate surface area is 343 Å². The van der Waals surface area contributed by atoms with Gasteiger partial charge < -0.3 is 33.9 Å². The summed E-state index contributed by atoms with van der Waals surface area (Å²) >= 11 is 0. The van der Waals surface area contributed by atoms with Crippen LogP contribution in [0.1, 0.15) is 60.1 Å². The molecule has 0 amide bonds. The molecule has 5 unspecified atom stereocenters. The number of hydrogen-bond acceptors (Lipinski definition) is 10. The van der Waals surface area contributed by atoms with Gasteiger partial charge in [0.1, 0.15) is 31.7 Å². The maximum Gasteiger partial charge on any atom is 0.330 e. The second-order valence-corrected chi connectivity index (χ2v) is 14.4. The van der Waals surface area contributed by atoms with Crippen molar-refractivity contribution in [3.8, 4) is 16.9 Å². The van der Waals surface area contributed by atoms with E-state index < -0.39 is 53.3 Å². The molecule has 0 saturated carbocycles. The largest absolute Gasteiger partial charge is 0.490 e. The van der Waals surface area contributed by atoms with Crippen molar-refractivity contribution in [2.75, 3.05) is 26.4 Å². The van der Waals surface area contributed by atoms with Gasteiger partial charge in [-0.2, -0.15) is 0 Å². The average Bonchev–Trinajstić information content (AvgIpc) is 3.57. The summed E-state index contributed by atoms with van der Waals surface area (Å²) < 4.78 is 28.1. The molecule has 11 nitrogen and oxygen atoms in total. The van der Waals surface area contributed by atoms with E-state index in [1.165, 1.54) is 0 Å². The lowest BCUT2D eigenvalue weighted by molar-refractivity contribution is -0.167. The first-order valence-corrected chi connectivity index (χ1v) is 19.6. The molecule has 5 atom stereocenters. The number of carbonyl (C=O) groups is 4. The van der Waals surface area contributed by atoms with Gasteiger partial charge in [0.25, 0.3) is 0 Å². The van der Waals surface area contributed by atoms with Gasteiger partial charge in [0.15, 0.2) is 6.10 Å². The number of carboxylic acids is 1. The summed E-state index contributed by atoms with van der Waals surface area (Å²) in [6.45, 7) is 8.11. The molecule has 59 heavy (non-hydrogen) atoms. The molecule has 0 saturated heterocycles. The molecule has 0 heterocycles. The van der Waals surface area contributed by atoms with E-state index >= 15 is 0 Å². The third-order valence-electron chi connectivity index (χ3n) is 10.7. The second-order valence-electron chi connectivity index (χ2n) is 14.4. The Bertz CT molecular complexity index is 2130. The number of aliphatic carboxylic acids is 1. The molecule has 2 aliphatic carbocycles. The van der Waals surface area contributed by atoms with Crippen LogP contribution in [0.4, 0.5) is 0 Å². The van der Waals surface area contributed by atoms with Gasteiger partial charge in [-0.15, -0.1) is 0 Å². The van der Waals surface area contributed by atoms with Crippen molar-refractivity contribution in [3.05, 3.63) is 162 Å². The predicted octanol–water partition coefficient (Wildman–Crippen LogP) is 7.29. The summed E-state index contributed by atoms with van der Waals surface area (Å²) in [5.41, 5.74) is 6.65. The van der Waals surface area contributed by atoms with E-state index in [9.17, 15) is 29.4 Å². The summed E-state index contributed by atoms with van der Waals surface area (Å²) in [6.07, 6.45) is 4.31. The Morgan fingerprint density at radius 2 is 1.27 bits per heavy atom. The van der Waals surface area contributed by atoms with E-state index in [-0.39, 0.29) is 45.4 Å². The first kappa shape index (κ1) is 42.3. The lowest BCUT2D eigenvalue weighted by Crippen LogP contribution is -2.37. The Morgan fingerprint density at radius 3 is 1.83 bits per heavy atom. The van der Waals surface area contributed by atoms with Crippen LogP contribution in [-0.4, -0.2) is 72.7 Å². The number of esters is 3. The number of aliphatic hydroxyl groups is 1. The Kier molecular flexibility index (Phi) is 13.9. The van der Waals surface area contributed by atoms with Crippen LogP contribution >= 0.6 is 0 Å². The number of allylic oxidation sites excluding steroid dienone is 2. The van der Waals surface area contributed by atoms with Crippen LogP contribution in [0.3, 0.4) is 0 Å². The van der Waals surface area contributed by atoms with Crippen molar-refractivity contribution >= 4 is 23.9 Å². The Morgan fingerprint density at radius 1 is 0.729 bits per heavy atom. The standard InChI is InChI=1S/C48H48O11/c1-4-43(56-27-34(49)28-57-44(50)5-2)31-19-21-32(22-20-31)48(41-17-11-9-13-37(41)38-14-10-12-18-42(38)48)33-23-25-35(26-24-33)55-29-36(30-58-45(51)6-3)59-47(54)40-16-8-7-15-39(40)46(52)53/h5-14,17-26,34,36,39-40,43,49H,2-4,15-16,27-30H2,1H3,(H,52,53). The molecule has 0 radical (unpaired) electrons. The minimum Gasteiger partial charge on any atom is -0.490 e. The molecule has 0 spiro atoms. The third-order valence-corrected chi connectivity index (χ3v) is 10.7. The molecule has 6 rings (SSSR count). The van der Waals surface area contributed by atoms with Crippen LogP contribution < -0.4 is 4.74 Å². The molecular weight excluding hydrogens is 753 g/mol. The predicted molar refractivity (Wildman–Crippen MR) is 219 cm³/mol. The molecule has 306 valence electrons. The van der Waals surface area contributed by atoms with Crippen molar-refractivity contribution < 1.29 is 53.1 Å². The zero-order valence-electron chi connectivity index (χ0n) is 32.9. The zero-order valence-corrected chi connectivity index (χ0v) is 32.9. The fraction of sp³-hybridized carbons (Fsp3) is 0.292. The number of hydrogen-bond donors (Lipinski definition) is 2. The second kappa shape index (κ2) is 19.4. The summed E-state index contributed by atoms with van der Waals surface area (Å²) in [6, 6.07) is 32.7. The highest BCUT2D eigenvalue weighted by Gasteiger charge is 2.46. The van der Waals surface area contributed by atoms with Crippen LogP contribution in [0.25, 0.3) is 11.1 Å². The first-order chi connectivity index (χ1) is 28.6. The number of aliphatic hydroxyl groups excluding tert-OH is 1. The van der Waals surface area contributed by atoms with Gasteiger partial charge in [0.05, 0.1) is 30.0 Å². The Hall–Kier alpha value is -6.30. The van der Waals surface area contributed by atoms with Gasteiger partial charge in [-0.05, 0) is 70.3 Å².